The summed E-state index contributed by atoms with van der Waals surface area (Å²) in [5.74, 6) is 0. The summed E-state index contributed by atoms with van der Waals surface area (Å²) in [6.45, 7) is 2.00. The predicted octanol–water partition coefficient (Wildman–Crippen LogP) is 1.62. The molecule has 0 saturated carbocycles. The highest BCUT2D eigenvalue weighted by atomic mass is 32.3. The van der Waals surface area contributed by atoms with Gasteiger partial charge in [0.25, 0.3) is 10.1 Å². The SMILES string of the molecule is CCCCC(S)C(S)S(=O)(=O)O. The third kappa shape index (κ3) is 4.59. The highest BCUT2D eigenvalue weighted by molar-refractivity contribution is 8.03. The van der Waals surface area contributed by atoms with Gasteiger partial charge in [0.05, 0.1) is 0 Å². The smallest absolute Gasteiger partial charge is 0.278 e. The lowest BCUT2D eigenvalue weighted by molar-refractivity contribution is 0.477. The first-order chi connectivity index (χ1) is 5.39. The lowest BCUT2D eigenvalue weighted by Gasteiger charge is -2.14. The zero-order valence-corrected chi connectivity index (χ0v) is 9.45. The fourth-order valence-electron chi connectivity index (χ4n) is 0.754. The Bertz CT molecular complexity index is 212. The molecule has 0 amide bonds. The average Bonchev–Trinajstić information content (AvgIpc) is 1.97. The molecule has 2 atom stereocenters. The van der Waals surface area contributed by atoms with Gasteiger partial charge in [-0.25, -0.2) is 0 Å². The van der Waals surface area contributed by atoms with E-state index < -0.39 is 20.0 Å². The van der Waals surface area contributed by atoms with E-state index in [1.54, 1.807) is 0 Å². The van der Waals surface area contributed by atoms with Crippen LogP contribution in [-0.2, 0) is 10.1 Å². The van der Waals surface area contributed by atoms with Crippen LogP contribution in [0.25, 0.3) is 0 Å². The van der Waals surface area contributed by atoms with Crippen molar-refractivity contribution in [2.24, 2.45) is 0 Å². The topological polar surface area (TPSA) is 54.4 Å². The van der Waals surface area contributed by atoms with Gasteiger partial charge >= 0.3 is 0 Å². The Morgan fingerprint density at radius 3 is 2.25 bits per heavy atom. The van der Waals surface area contributed by atoms with E-state index in [2.05, 4.69) is 25.3 Å². The van der Waals surface area contributed by atoms with E-state index >= 15 is 0 Å². The molecular formula is C6H14O3S3. The van der Waals surface area contributed by atoms with Crippen LogP contribution in [0.15, 0.2) is 0 Å². The minimum absolute atomic E-state index is 0.400. The van der Waals surface area contributed by atoms with E-state index in [0.29, 0.717) is 6.42 Å². The number of rotatable bonds is 5. The summed E-state index contributed by atoms with van der Waals surface area (Å²) in [5, 5.41) is -0.400. The largest absolute Gasteiger partial charge is 0.285 e. The van der Waals surface area contributed by atoms with Crippen LogP contribution in [0.1, 0.15) is 26.2 Å². The molecule has 0 aliphatic rings. The number of hydrogen-bond acceptors (Lipinski definition) is 4. The molecule has 1 N–H and O–H groups in total. The van der Waals surface area contributed by atoms with E-state index in [1.165, 1.54) is 0 Å². The molecule has 0 aliphatic heterocycles. The predicted molar refractivity (Wildman–Crippen MR) is 56.6 cm³/mol. The lowest BCUT2D eigenvalue weighted by Crippen LogP contribution is -2.24. The maximum atomic E-state index is 10.6. The highest BCUT2D eigenvalue weighted by Crippen LogP contribution is 2.19. The average molecular weight is 230 g/mol. The summed E-state index contributed by atoms with van der Waals surface area (Å²) in [6.07, 6.45) is 2.51. The van der Waals surface area contributed by atoms with Crippen molar-refractivity contribution in [1.82, 2.24) is 0 Å². The molecule has 0 heterocycles. The van der Waals surface area contributed by atoms with Crippen LogP contribution in [0.2, 0.25) is 0 Å². The van der Waals surface area contributed by atoms with Crippen molar-refractivity contribution in [2.75, 3.05) is 0 Å². The minimum Gasteiger partial charge on any atom is -0.285 e. The summed E-state index contributed by atoms with van der Waals surface area (Å²) < 4.78 is 28.7. The van der Waals surface area contributed by atoms with Crippen molar-refractivity contribution < 1.29 is 13.0 Å². The molecule has 2 unspecified atom stereocenters. The maximum Gasteiger partial charge on any atom is 0.278 e. The minimum atomic E-state index is -4.04. The quantitative estimate of drug-likeness (QED) is 0.497. The Morgan fingerprint density at radius 2 is 1.92 bits per heavy atom. The van der Waals surface area contributed by atoms with Crippen molar-refractivity contribution in [2.45, 2.75) is 36.0 Å². The van der Waals surface area contributed by atoms with Crippen LogP contribution < -0.4 is 0 Å². The maximum absolute atomic E-state index is 10.6. The molecule has 0 bridgehead atoms. The first-order valence-electron chi connectivity index (χ1n) is 3.72. The van der Waals surface area contributed by atoms with E-state index in [4.69, 9.17) is 4.55 Å². The third-order valence-electron chi connectivity index (χ3n) is 1.49. The van der Waals surface area contributed by atoms with Crippen molar-refractivity contribution in [3.63, 3.8) is 0 Å². The van der Waals surface area contributed by atoms with Crippen LogP contribution in [0.3, 0.4) is 0 Å². The van der Waals surface area contributed by atoms with Crippen LogP contribution in [0.4, 0.5) is 0 Å². The summed E-state index contributed by atoms with van der Waals surface area (Å²) in [7, 11) is -4.04. The summed E-state index contributed by atoms with van der Waals surface area (Å²) in [5.41, 5.74) is 0. The Hall–Kier alpha value is 0.610. The molecule has 0 aliphatic carbocycles. The molecule has 3 nitrogen and oxygen atoms in total. The molecule has 74 valence electrons. The fraction of sp³-hybridized carbons (Fsp3) is 1.00. The van der Waals surface area contributed by atoms with Gasteiger partial charge in [0.2, 0.25) is 0 Å². The standard InChI is InChI=1S/C6H14O3S3/c1-2-3-4-5(10)6(11)12(7,8)9/h5-6,10-11H,2-4H2,1H3,(H,7,8,9). The molecule has 12 heavy (non-hydrogen) atoms. The number of thiol groups is 2. The lowest BCUT2D eigenvalue weighted by atomic mass is 10.2. The van der Waals surface area contributed by atoms with E-state index in [0.717, 1.165) is 12.8 Å². The first kappa shape index (κ1) is 12.6. The number of hydrogen-bond donors (Lipinski definition) is 3. The first-order valence-corrected chi connectivity index (χ1v) is 6.25. The highest BCUT2D eigenvalue weighted by Gasteiger charge is 2.25. The van der Waals surface area contributed by atoms with Crippen LogP contribution in [0.5, 0.6) is 0 Å². The molecule has 0 spiro atoms. The summed E-state index contributed by atoms with van der Waals surface area (Å²) in [4.78, 5) is 0. The van der Waals surface area contributed by atoms with Gasteiger partial charge in [-0.1, -0.05) is 19.8 Å². The van der Waals surface area contributed by atoms with Crippen molar-refractivity contribution in [1.29, 1.82) is 0 Å². The van der Waals surface area contributed by atoms with Gasteiger partial charge in [0, 0.05) is 5.25 Å². The van der Waals surface area contributed by atoms with Crippen LogP contribution >= 0.6 is 25.3 Å². The van der Waals surface area contributed by atoms with Gasteiger partial charge in [-0.15, -0.1) is 0 Å². The summed E-state index contributed by atoms with van der Waals surface area (Å²) >= 11 is 7.80. The van der Waals surface area contributed by atoms with Crippen molar-refractivity contribution >= 4 is 35.4 Å². The van der Waals surface area contributed by atoms with Crippen molar-refractivity contribution in [3.05, 3.63) is 0 Å². The van der Waals surface area contributed by atoms with Crippen molar-refractivity contribution in [3.8, 4) is 0 Å². The van der Waals surface area contributed by atoms with Gasteiger partial charge in [-0.3, -0.25) is 4.55 Å². The van der Waals surface area contributed by atoms with Gasteiger partial charge in [0.15, 0.2) is 0 Å². The van der Waals surface area contributed by atoms with E-state index in [-0.39, 0.29) is 0 Å². The Balaban J connectivity index is 4.02. The molecule has 0 saturated heterocycles. The van der Waals surface area contributed by atoms with Gasteiger partial charge in [-0.05, 0) is 6.42 Å². The van der Waals surface area contributed by atoms with Gasteiger partial charge < -0.3 is 0 Å². The van der Waals surface area contributed by atoms with Crippen LogP contribution in [0, 0.1) is 0 Å². The van der Waals surface area contributed by atoms with Gasteiger partial charge in [-0.2, -0.15) is 33.7 Å². The van der Waals surface area contributed by atoms with E-state index in [1.807, 2.05) is 6.92 Å². The Morgan fingerprint density at radius 1 is 1.42 bits per heavy atom. The zero-order valence-electron chi connectivity index (χ0n) is 6.84. The molecule has 0 radical (unpaired) electrons. The molecule has 0 aromatic heterocycles. The van der Waals surface area contributed by atoms with E-state index in [9.17, 15) is 8.42 Å². The molecule has 0 fully saturated rings. The molecule has 0 aromatic carbocycles. The normalized spacial score (nSPS) is 17.3. The Kier molecular flexibility index (Phi) is 5.64. The molecular weight excluding hydrogens is 216 g/mol. The third-order valence-corrected chi connectivity index (χ3v) is 4.58. The zero-order chi connectivity index (χ0) is 9.78. The Labute approximate surface area is 84.5 Å². The second-order valence-corrected chi connectivity index (χ2v) is 5.72. The monoisotopic (exact) mass is 230 g/mol. The molecule has 0 aromatic rings. The molecule has 0 rings (SSSR count). The summed E-state index contributed by atoms with van der Waals surface area (Å²) in [6, 6.07) is 0. The van der Waals surface area contributed by atoms with Gasteiger partial charge in [0.1, 0.15) is 4.58 Å². The molecule has 6 heteroatoms. The second kappa shape index (κ2) is 5.36. The second-order valence-electron chi connectivity index (χ2n) is 2.62. The number of unbranched alkanes of at least 4 members (excludes halogenated alkanes) is 1. The van der Waals surface area contributed by atoms with Crippen LogP contribution in [-0.4, -0.2) is 22.8 Å². The fourth-order valence-corrected chi connectivity index (χ4v) is 2.08.